The molecular weight excluding hydrogens is 259 g/mol. The van der Waals surface area contributed by atoms with Gasteiger partial charge in [-0.2, -0.15) is 11.8 Å². The summed E-state index contributed by atoms with van der Waals surface area (Å²) in [5.41, 5.74) is 1.06. The van der Waals surface area contributed by atoms with E-state index in [2.05, 4.69) is 6.42 Å². The number of halogens is 3. The monoisotopic (exact) mass is 265 g/mol. The molecular formula is C10H8Cl3S. The fourth-order valence-electron chi connectivity index (χ4n) is 1.29. The lowest BCUT2D eigenvalue weighted by atomic mass is 10.0. The maximum atomic E-state index is 5.92. The number of hydrogen-bond acceptors (Lipinski definition) is 1. The van der Waals surface area contributed by atoms with Gasteiger partial charge in [0.05, 0.1) is 15.1 Å². The van der Waals surface area contributed by atoms with E-state index < -0.39 is 0 Å². The Morgan fingerprint density at radius 1 is 1.14 bits per heavy atom. The average Bonchev–Trinajstić information content (AvgIpc) is 2.07. The van der Waals surface area contributed by atoms with Gasteiger partial charge in [0, 0.05) is 0 Å². The van der Waals surface area contributed by atoms with E-state index in [1.165, 1.54) is 11.5 Å². The van der Waals surface area contributed by atoms with Crippen LogP contribution in [-0.4, -0.2) is 11.5 Å². The van der Waals surface area contributed by atoms with Crippen molar-refractivity contribution in [3.63, 3.8) is 0 Å². The molecule has 0 aromatic heterocycles. The van der Waals surface area contributed by atoms with Crippen LogP contribution in [0.4, 0.5) is 0 Å². The maximum Gasteiger partial charge on any atom is 0.0778 e. The average molecular weight is 267 g/mol. The van der Waals surface area contributed by atoms with Crippen LogP contribution in [0.15, 0.2) is 12.1 Å². The van der Waals surface area contributed by atoms with Crippen LogP contribution in [0.3, 0.4) is 0 Å². The van der Waals surface area contributed by atoms with Gasteiger partial charge in [0.25, 0.3) is 0 Å². The molecule has 0 nitrogen and oxygen atoms in total. The molecule has 1 fully saturated rings. The van der Waals surface area contributed by atoms with Crippen LogP contribution < -0.4 is 0 Å². The number of benzene rings is 1. The second kappa shape index (κ2) is 4.52. The van der Waals surface area contributed by atoms with Gasteiger partial charge in [-0.1, -0.05) is 34.8 Å². The minimum absolute atomic E-state index is 0.438. The van der Waals surface area contributed by atoms with Crippen molar-refractivity contribution >= 4 is 46.6 Å². The van der Waals surface area contributed by atoms with Crippen LogP contribution in [0.1, 0.15) is 5.56 Å². The van der Waals surface area contributed by atoms with Crippen molar-refractivity contribution in [2.24, 2.45) is 5.92 Å². The molecule has 0 bridgehead atoms. The zero-order chi connectivity index (χ0) is 10.1. The molecule has 1 aromatic carbocycles. The summed E-state index contributed by atoms with van der Waals surface area (Å²) in [4.78, 5) is 0. The van der Waals surface area contributed by atoms with Gasteiger partial charge in [-0.15, -0.1) is 0 Å². The van der Waals surface area contributed by atoms with E-state index in [0.29, 0.717) is 21.0 Å². The van der Waals surface area contributed by atoms with Gasteiger partial charge in [-0.05, 0) is 41.5 Å². The Hall–Kier alpha value is 0.440. The zero-order valence-corrected chi connectivity index (χ0v) is 10.4. The standard InChI is InChI=1S/C10H8Cl3S/c11-8-2-6(1-7-4-14-5-7)3-9(12)10(8)13/h1-3,7H,4-5H2. The van der Waals surface area contributed by atoms with Crippen LogP contribution >= 0.6 is 46.6 Å². The third-order valence-corrected chi connectivity index (χ3v) is 4.62. The Balaban J connectivity index is 2.17. The molecule has 1 aliphatic rings. The van der Waals surface area contributed by atoms with E-state index in [4.69, 9.17) is 34.8 Å². The van der Waals surface area contributed by atoms with Crippen molar-refractivity contribution in [1.29, 1.82) is 0 Å². The molecule has 1 aliphatic heterocycles. The molecule has 0 unspecified atom stereocenters. The van der Waals surface area contributed by atoms with Crippen LogP contribution in [0.25, 0.3) is 0 Å². The van der Waals surface area contributed by atoms with Gasteiger partial charge in [-0.3, -0.25) is 0 Å². The van der Waals surface area contributed by atoms with Gasteiger partial charge < -0.3 is 0 Å². The molecule has 0 N–H and O–H groups in total. The minimum Gasteiger partial charge on any atom is -0.161 e. The highest BCUT2D eigenvalue weighted by atomic mass is 35.5. The molecule has 0 atom stereocenters. The molecule has 2 rings (SSSR count). The zero-order valence-electron chi connectivity index (χ0n) is 7.27. The molecule has 0 amide bonds. The van der Waals surface area contributed by atoms with E-state index in [0.717, 1.165) is 5.56 Å². The summed E-state index contributed by atoms with van der Waals surface area (Å²) in [5.74, 6) is 3.05. The van der Waals surface area contributed by atoms with Crippen molar-refractivity contribution in [1.82, 2.24) is 0 Å². The van der Waals surface area contributed by atoms with Crippen molar-refractivity contribution in [3.05, 3.63) is 39.2 Å². The number of thioether (sulfide) groups is 1. The molecule has 1 aromatic rings. The predicted octanol–water partition coefficient (Wildman–Crippen LogP) is 4.56. The highest BCUT2D eigenvalue weighted by Crippen LogP contribution is 2.35. The third kappa shape index (κ3) is 2.33. The predicted molar refractivity (Wildman–Crippen MR) is 65.7 cm³/mol. The second-order valence-electron chi connectivity index (χ2n) is 3.26. The summed E-state index contributed by atoms with van der Waals surface area (Å²) in [7, 11) is 0. The first kappa shape index (κ1) is 10.9. The first-order chi connectivity index (χ1) is 6.66. The van der Waals surface area contributed by atoms with E-state index >= 15 is 0 Å². The van der Waals surface area contributed by atoms with Crippen LogP contribution in [0.5, 0.6) is 0 Å². The quantitative estimate of drug-likeness (QED) is 0.707. The number of hydrogen-bond donors (Lipinski definition) is 0. The molecule has 1 heterocycles. The van der Waals surface area contributed by atoms with Gasteiger partial charge >= 0.3 is 0 Å². The summed E-state index contributed by atoms with van der Waals surface area (Å²) in [5, 5.41) is 1.49. The minimum atomic E-state index is 0.438. The summed E-state index contributed by atoms with van der Waals surface area (Å²) >= 11 is 19.6. The van der Waals surface area contributed by atoms with Gasteiger partial charge in [-0.25, -0.2) is 0 Å². The van der Waals surface area contributed by atoms with E-state index in [1.54, 1.807) is 0 Å². The lowest BCUT2D eigenvalue weighted by molar-refractivity contribution is 0.762. The first-order valence-electron chi connectivity index (χ1n) is 4.24. The largest absolute Gasteiger partial charge is 0.161 e. The first-order valence-corrected chi connectivity index (χ1v) is 6.53. The highest BCUT2D eigenvalue weighted by Gasteiger charge is 2.19. The van der Waals surface area contributed by atoms with Gasteiger partial charge in [0.1, 0.15) is 0 Å². The third-order valence-electron chi connectivity index (χ3n) is 2.10. The molecule has 14 heavy (non-hydrogen) atoms. The van der Waals surface area contributed by atoms with E-state index in [-0.39, 0.29) is 0 Å². The molecule has 4 heteroatoms. The van der Waals surface area contributed by atoms with E-state index in [1.807, 2.05) is 23.9 Å². The Morgan fingerprint density at radius 2 is 1.71 bits per heavy atom. The Bertz CT molecular complexity index is 324. The fourth-order valence-corrected chi connectivity index (χ4v) is 2.61. The molecule has 1 radical (unpaired) electrons. The highest BCUT2D eigenvalue weighted by molar-refractivity contribution is 8.00. The molecule has 1 saturated heterocycles. The molecule has 0 spiro atoms. The Morgan fingerprint density at radius 3 is 2.14 bits per heavy atom. The van der Waals surface area contributed by atoms with Crippen LogP contribution in [0, 0.1) is 12.3 Å². The normalized spacial score (nSPS) is 16.8. The molecule has 0 aliphatic carbocycles. The van der Waals surface area contributed by atoms with Crippen LogP contribution in [-0.2, 0) is 0 Å². The summed E-state index contributed by atoms with van der Waals surface area (Å²) in [6.07, 6.45) is 2.20. The Labute approximate surface area is 103 Å². The van der Waals surface area contributed by atoms with Crippen molar-refractivity contribution in [3.8, 4) is 0 Å². The smallest absolute Gasteiger partial charge is 0.0778 e. The Kier molecular flexibility index (Phi) is 3.54. The van der Waals surface area contributed by atoms with Crippen LogP contribution in [0.2, 0.25) is 15.1 Å². The van der Waals surface area contributed by atoms with Gasteiger partial charge in [0.2, 0.25) is 0 Å². The van der Waals surface area contributed by atoms with E-state index in [9.17, 15) is 0 Å². The topological polar surface area (TPSA) is 0 Å². The molecule has 75 valence electrons. The molecule has 0 saturated carbocycles. The fraction of sp³-hybridized carbons (Fsp3) is 0.300. The second-order valence-corrected chi connectivity index (χ2v) is 5.53. The lowest BCUT2D eigenvalue weighted by Crippen LogP contribution is -2.18. The van der Waals surface area contributed by atoms with Crippen molar-refractivity contribution in [2.45, 2.75) is 0 Å². The summed E-state index contributed by atoms with van der Waals surface area (Å²) in [6.45, 7) is 0. The number of rotatable bonds is 2. The van der Waals surface area contributed by atoms with Gasteiger partial charge in [0.15, 0.2) is 0 Å². The summed E-state index contributed by atoms with van der Waals surface area (Å²) < 4.78 is 0. The lowest BCUT2D eigenvalue weighted by Gasteiger charge is -2.24. The SMILES string of the molecule is Clc1cc([CH]C2CSC2)cc(Cl)c1Cl. The van der Waals surface area contributed by atoms with Crippen molar-refractivity contribution in [2.75, 3.05) is 11.5 Å². The maximum absolute atomic E-state index is 5.92. The summed E-state index contributed by atoms with van der Waals surface area (Å²) in [6, 6.07) is 3.72. The van der Waals surface area contributed by atoms with Crippen molar-refractivity contribution < 1.29 is 0 Å².